The Labute approximate surface area is 198 Å². The van der Waals surface area contributed by atoms with Gasteiger partial charge >= 0.3 is 6.03 Å². The Morgan fingerprint density at radius 1 is 1.12 bits per heavy atom. The number of anilines is 1. The van der Waals surface area contributed by atoms with Crippen molar-refractivity contribution < 1.29 is 13.2 Å². The first-order valence-corrected chi connectivity index (χ1v) is 12.1. The highest BCUT2D eigenvalue weighted by Gasteiger charge is 2.19. The van der Waals surface area contributed by atoms with Crippen molar-refractivity contribution in [3.63, 3.8) is 0 Å². The first-order chi connectivity index (χ1) is 16.2. The number of hydrogen-bond acceptors (Lipinski definition) is 8. The Morgan fingerprint density at radius 3 is 2.56 bits per heavy atom. The number of amides is 2. The molecule has 0 bridgehead atoms. The lowest BCUT2D eigenvalue weighted by Gasteiger charge is -2.09. The number of sulfonamides is 1. The lowest BCUT2D eigenvalue weighted by molar-refractivity contribution is 0.256. The van der Waals surface area contributed by atoms with Gasteiger partial charge in [0, 0.05) is 17.5 Å². The van der Waals surface area contributed by atoms with Crippen LogP contribution in [0.25, 0.3) is 16.7 Å². The smallest absolute Gasteiger partial charge is 0.333 e. The van der Waals surface area contributed by atoms with E-state index in [9.17, 15) is 18.0 Å². The average Bonchev–Trinajstić information content (AvgIpc) is 3.26. The molecule has 4 rings (SSSR count). The number of benzene rings is 1. The number of aryl methyl sites for hydroxylation is 1. The zero-order valence-electron chi connectivity index (χ0n) is 18.0. The highest BCUT2D eigenvalue weighted by atomic mass is 32.2. The van der Waals surface area contributed by atoms with Crippen LogP contribution in [0, 0.1) is 12.3 Å². The third kappa shape index (κ3) is 4.65. The van der Waals surface area contributed by atoms with E-state index in [1.165, 1.54) is 35.3 Å². The highest BCUT2D eigenvalue weighted by Crippen LogP contribution is 2.20. The number of amidine groups is 1. The van der Waals surface area contributed by atoms with Crippen molar-refractivity contribution in [3.8, 4) is 5.82 Å². The van der Waals surface area contributed by atoms with Crippen LogP contribution in [0.3, 0.4) is 0 Å². The van der Waals surface area contributed by atoms with Crippen molar-refractivity contribution in [2.75, 3.05) is 12.4 Å². The normalized spacial score (nSPS) is 11.2. The van der Waals surface area contributed by atoms with E-state index in [1.54, 1.807) is 38.2 Å². The van der Waals surface area contributed by atoms with Crippen LogP contribution < -0.4 is 20.9 Å². The van der Waals surface area contributed by atoms with Crippen molar-refractivity contribution in [2.45, 2.75) is 11.1 Å². The predicted molar refractivity (Wildman–Crippen MR) is 129 cm³/mol. The summed E-state index contributed by atoms with van der Waals surface area (Å²) in [6, 6.07) is 10.0. The lowest BCUT2D eigenvalue weighted by Crippen LogP contribution is -2.34. The summed E-state index contributed by atoms with van der Waals surface area (Å²) in [5.74, 6) is 0.471. The van der Waals surface area contributed by atoms with Crippen LogP contribution in [-0.2, 0) is 10.0 Å². The average molecular weight is 498 g/mol. The number of urea groups is 1. The molecule has 4 aromatic rings. The number of nitrogens with one attached hydrogen (secondary N) is 4. The number of fused-ring (bicyclic) bond motifs is 1. The topological polar surface area (TPSA) is 159 Å². The summed E-state index contributed by atoms with van der Waals surface area (Å²) in [5, 5.41) is 13.3. The third-order valence-corrected chi connectivity index (χ3v) is 7.58. The van der Waals surface area contributed by atoms with Gasteiger partial charge in [0.2, 0.25) is 0 Å². The maximum Gasteiger partial charge on any atom is 0.333 e. The van der Waals surface area contributed by atoms with Gasteiger partial charge in [-0.25, -0.2) is 27.9 Å². The lowest BCUT2D eigenvalue weighted by atomic mass is 10.1. The van der Waals surface area contributed by atoms with Crippen LogP contribution in [0.5, 0.6) is 0 Å². The SMILES string of the molecule is CNC(=N)c1ccc2c(=O)n(-c3ccc(NC(=O)NS(=O)(=O)c4ccc(C)s4)cn3)cnc2c1. The summed E-state index contributed by atoms with van der Waals surface area (Å²) in [7, 11) is -2.35. The second-order valence-electron chi connectivity index (χ2n) is 7.11. The molecule has 11 nitrogen and oxygen atoms in total. The van der Waals surface area contributed by atoms with E-state index in [2.05, 4.69) is 20.6 Å². The molecule has 13 heteroatoms. The van der Waals surface area contributed by atoms with Crippen LogP contribution in [0.15, 0.2) is 64.0 Å². The van der Waals surface area contributed by atoms with Crippen molar-refractivity contribution >= 4 is 49.8 Å². The summed E-state index contributed by atoms with van der Waals surface area (Å²) in [5.41, 5.74) is 0.921. The van der Waals surface area contributed by atoms with Gasteiger partial charge in [0.25, 0.3) is 15.6 Å². The van der Waals surface area contributed by atoms with Gasteiger partial charge in [0.05, 0.1) is 22.8 Å². The summed E-state index contributed by atoms with van der Waals surface area (Å²) >= 11 is 1.05. The van der Waals surface area contributed by atoms with Gasteiger partial charge in [-0.2, -0.15) is 0 Å². The number of hydrogen-bond donors (Lipinski definition) is 4. The van der Waals surface area contributed by atoms with Crippen LogP contribution in [0.1, 0.15) is 10.4 Å². The molecule has 3 heterocycles. The minimum atomic E-state index is -3.98. The fraction of sp³-hybridized carbons (Fsp3) is 0.0952. The Kier molecular flexibility index (Phi) is 6.13. The fourth-order valence-corrected chi connectivity index (χ4v) is 5.26. The van der Waals surface area contributed by atoms with Gasteiger partial charge in [0.1, 0.15) is 22.2 Å². The Morgan fingerprint density at radius 2 is 1.91 bits per heavy atom. The molecule has 0 aliphatic carbocycles. The van der Waals surface area contributed by atoms with Crippen molar-refractivity contribution in [1.29, 1.82) is 5.41 Å². The van der Waals surface area contributed by atoms with E-state index in [1.807, 2.05) is 4.72 Å². The van der Waals surface area contributed by atoms with Crippen LogP contribution in [0.2, 0.25) is 0 Å². The van der Waals surface area contributed by atoms with E-state index >= 15 is 0 Å². The standard InChI is InChI=1S/C21H19N7O4S2/c1-12-3-8-18(33-12)34(31,32)27-21(30)26-14-5-7-17(24-10-14)28-11-25-16-9-13(19(22)23-2)4-6-15(16)20(28)29/h3-11H,1-2H3,(H2,22,23)(H2,26,27,30). The molecular weight excluding hydrogens is 478 g/mol. The monoisotopic (exact) mass is 497 g/mol. The largest absolute Gasteiger partial charge is 0.373 e. The zero-order chi connectivity index (χ0) is 24.5. The molecule has 4 N–H and O–H groups in total. The molecule has 0 aliphatic rings. The molecule has 2 amide bonds. The first kappa shape index (κ1) is 23.1. The molecular formula is C21H19N7O4S2. The number of pyridine rings is 1. The van der Waals surface area contributed by atoms with Gasteiger partial charge in [-0.15, -0.1) is 11.3 Å². The van der Waals surface area contributed by atoms with E-state index in [4.69, 9.17) is 5.41 Å². The summed E-state index contributed by atoms with van der Waals surface area (Å²) in [6.07, 6.45) is 2.62. The maximum atomic E-state index is 12.9. The second kappa shape index (κ2) is 9.03. The molecule has 0 radical (unpaired) electrons. The van der Waals surface area contributed by atoms with Crippen LogP contribution in [-0.4, -0.2) is 41.9 Å². The molecule has 0 unspecified atom stereocenters. The summed E-state index contributed by atoms with van der Waals surface area (Å²) < 4.78 is 27.8. The van der Waals surface area contributed by atoms with Crippen molar-refractivity contribution in [3.05, 3.63) is 75.8 Å². The number of carbonyl (C=O) groups excluding carboxylic acids is 1. The van der Waals surface area contributed by atoms with Gasteiger partial charge in [0.15, 0.2) is 0 Å². The predicted octanol–water partition coefficient (Wildman–Crippen LogP) is 2.21. The van der Waals surface area contributed by atoms with Gasteiger partial charge < -0.3 is 10.6 Å². The Bertz CT molecular complexity index is 1570. The number of thiophene rings is 1. The molecule has 3 aromatic heterocycles. The number of carbonyl (C=O) groups is 1. The van der Waals surface area contributed by atoms with E-state index < -0.39 is 16.1 Å². The van der Waals surface area contributed by atoms with E-state index in [-0.39, 0.29) is 27.1 Å². The molecule has 0 fully saturated rings. The molecule has 1 aromatic carbocycles. The molecule has 174 valence electrons. The minimum absolute atomic E-state index is 0.0340. The highest BCUT2D eigenvalue weighted by molar-refractivity contribution is 7.92. The third-order valence-electron chi connectivity index (χ3n) is 4.76. The van der Waals surface area contributed by atoms with Gasteiger partial charge in [-0.05, 0) is 43.3 Å². The van der Waals surface area contributed by atoms with Crippen LogP contribution in [0.4, 0.5) is 10.5 Å². The van der Waals surface area contributed by atoms with Crippen molar-refractivity contribution in [2.24, 2.45) is 0 Å². The van der Waals surface area contributed by atoms with E-state index in [0.717, 1.165) is 16.2 Å². The quantitative estimate of drug-likeness (QED) is 0.243. The van der Waals surface area contributed by atoms with Crippen LogP contribution >= 0.6 is 11.3 Å². The number of nitrogens with zero attached hydrogens (tertiary/aromatic N) is 3. The van der Waals surface area contributed by atoms with Gasteiger partial charge in [-0.3, -0.25) is 14.8 Å². The molecule has 0 atom stereocenters. The molecule has 0 saturated heterocycles. The van der Waals surface area contributed by atoms with Crippen molar-refractivity contribution in [1.82, 2.24) is 24.6 Å². The van der Waals surface area contributed by atoms with E-state index in [0.29, 0.717) is 16.5 Å². The molecule has 0 saturated carbocycles. The second-order valence-corrected chi connectivity index (χ2v) is 10.3. The molecule has 0 aliphatic heterocycles. The van der Waals surface area contributed by atoms with Gasteiger partial charge in [-0.1, -0.05) is 6.07 Å². The molecule has 34 heavy (non-hydrogen) atoms. The summed E-state index contributed by atoms with van der Waals surface area (Å²) in [6.45, 7) is 1.76. The Hall–Kier alpha value is -4.10. The molecule has 0 spiro atoms. The minimum Gasteiger partial charge on any atom is -0.373 e. The fourth-order valence-electron chi connectivity index (χ4n) is 3.07. The number of rotatable bonds is 5. The zero-order valence-corrected chi connectivity index (χ0v) is 19.6. The Balaban J connectivity index is 1.52. The first-order valence-electron chi connectivity index (χ1n) is 9.83. The number of aromatic nitrogens is 3. The summed E-state index contributed by atoms with van der Waals surface area (Å²) in [4.78, 5) is 34.3. The maximum absolute atomic E-state index is 12.9.